The van der Waals surface area contributed by atoms with Crippen LogP contribution in [0.2, 0.25) is 0 Å². The molecule has 4 rings (SSSR count). The lowest BCUT2D eigenvalue weighted by atomic mass is 10.1. The van der Waals surface area contributed by atoms with Gasteiger partial charge in [0.15, 0.2) is 5.16 Å². The van der Waals surface area contributed by atoms with Crippen molar-refractivity contribution in [1.29, 1.82) is 0 Å². The number of nitrogens with zero attached hydrogens (tertiary/aromatic N) is 3. The quantitative estimate of drug-likeness (QED) is 0.288. The first-order valence-electron chi connectivity index (χ1n) is 10.6. The van der Waals surface area contributed by atoms with Crippen molar-refractivity contribution in [3.63, 3.8) is 0 Å². The van der Waals surface area contributed by atoms with Crippen LogP contribution < -0.4 is 5.56 Å². The van der Waals surface area contributed by atoms with E-state index in [0.717, 1.165) is 23.2 Å². The van der Waals surface area contributed by atoms with E-state index in [1.165, 1.54) is 30.2 Å². The maximum absolute atomic E-state index is 13.5. The van der Waals surface area contributed by atoms with Gasteiger partial charge in [-0.15, -0.1) is 0 Å². The highest BCUT2D eigenvalue weighted by atomic mass is 32.2. The Morgan fingerprint density at radius 3 is 2.45 bits per heavy atom. The van der Waals surface area contributed by atoms with Gasteiger partial charge in [0.1, 0.15) is 0 Å². The number of hydrogen-bond acceptors (Lipinski definition) is 5. The minimum Gasteiger partial charge on any atom is -0.268 e. The van der Waals surface area contributed by atoms with Crippen LogP contribution in [0.4, 0.5) is 0 Å². The molecule has 0 atom stereocenters. The molecule has 1 aromatic heterocycles. The molecule has 0 saturated carbocycles. The smallest absolute Gasteiger partial charge is 0.266 e. The van der Waals surface area contributed by atoms with E-state index in [1.807, 2.05) is 48.5 Å². The van der Waals surface area contributed by atoms with E-state index >= 15 is 0 Å². The number of aromatic nitrogens is 2. The third-order valence-electron chi connectivity index (χ3n) is 5.40. The summed E-state index contributed by atoms with van der Waals surface area (Å²) in [5.41, 5.74) is 3.22. The maximum Gasteiger partial charge on any atom is 0.266 e. The van der Waals surface area contributed by atoms with E-state index in [4.69, 9.17) is 4.98 Å². The molecule has 170 valence electrons. The molecule has 0 unspecified atom stereocenters. The van der Waals surface area contributed by atoms with Crippen molar-refractivity contribution in [2.45, 2.75) is 29.1 Å². The Bertz CT molecular complexity index is 1480. The van der Waals surface area contributed by atoms with Crippen molar-refractivity contribution in [2.75, 3.05) is 14.1 Å². The number of rotatable bonds is 7. The van der Waals surface area contributed by atoms with Crippen molar-refractivity contribution in [3.05, 3.63) is 94.3 Å². The van der Waals surface area contributed by atoms with Crippen molar-refractivity contribution < 1.29 is 8.42 Å². The predicted octanol–water partition coefficient (Wildman–Crippen LogP) is 4.49. The van der Waals surface area contributed by atoms with Crippen LogP contribution in [0.3, 0.4) is 0 Å². The third kappa shape index (κ3) is 4.59. The zero-order valence-corrected chi connectivity index (χ0v) is 20.4. The van der Waals surface area contributed by atoms with Crippen molar-refractivity contribution in [3.8, 4) is 5.69 Å². The minimum absolute atomic E-state index is 0.118. The first-order valence-corrected chi connectivity index (χ1v) is 13.0. The fourth-order valence-electron chi connectivity index (χ4n) is 3.60. The Morgan fingerprint density at radius 2 is 1.70 bits per heavy atom. The fourth-order valence-corrected chi connectivity index (χ4v) is 5.53. The molecule has 8 heteroatoms. The van der Waals surface area contributed by atoms with E-state index in [0.29, 0.717) is 21.8 Å². The number of para-hydroxylation sites is 2. The van der Waals surface area contributed by atoms with E-state index in [1.54, 1.807) is 28.8 Å². The number of hydrogen-bond donors (Lipinski definition) is 0. The highest BCUT2D eigenvalue weighted by molar-refractivity contribution is 7.98. The number of aryl methyl sites for hydroxylation is 1. The second kappa shape index (κ2) is 9.51. The lowest BCUT2D eigenvalue weighted by Gasteiger charge is -2.16. The molecule has 0 saturated heterocycles. The molecule has 0 bridgehead atoms. The van der Waals surface area contributed by atoms with Crippen LogP contribution in [0.15, 0.2) is 87.6 Å². The van der Waals surface area contributed by atoms with Gasteiger partial charge in [-0.25, -0.2) is 17.7 Å². The zero-order chi connectivity index (χ0) is 23.6. The van der Waals surface area contributed by atoms with Crippen LogP contribution in [0.5, 0.6) is 0 Å². The third-order valence-corrected chi connectivity index (χ3v) is 8.22. The van der Waals surface area contributed by atoms with Gasteiger partial charge in [-0.05, 0) is 47.9 Å². The molecule has 1 heterocycles. The van der Waals surface area contributed by atoms with Crippen LogP contribution in [0.25, 0.3) is 16.6 Å². The Balaban J connectivity index is 1.80. The van der Waals surface area contributed by atoms with Crippen molar-refractivity contribution >= 4 is 32.7 Å². The number of thioether (sulfide) groups is 1. The zero-order valence-electron chi connectivity index (χ0n) is 18.7. The monoisotopic (exact) mass is 479 g/mol. The summed E-state index contributed by atoms with van der Waals surface area (Å²) in [6.45, 7) is 2.06. The molecule has 0 radical (unpaired) electrons. The number of fused-ring (bicyclic) bond motifs is 1. The molecule has 0 aliphatic rings. The van der Waals surface area contributed by atoms with E-state index in [9.17, 15) is 13.2 Å². The Hall–Kier alpha value is -2.94. The topological polar surface area (TPSA) is 72.3 Å². The second-order valence-electron chi connectivity index (χ2n) is 7.76. The predicted molar refractivity (Wildman–Crippen MR) is 134 cm³/mol. The molecule has 0 aliphatic heterocycles. The van der Waals surface area contributed by atoms with Crippen molar-refractivity contribution in [2.24, 2.45) is 0 Å². The molecule has 4 aromatic rings. The lowest BCUT2D eigenvalue weighted by Crippen LogP contribution is -2.23. The summed E-state index contributed by atoms with van der Waals surface area (Å²) in [4.78, 5) is 18.6. The Labute approximate surface area is 198 Å². The van der Waals surface area contributed by atoms with Crippen LogP contribution >= 0.6 is 11.8 Å². The molecule has 0 amide bonds. The van der Waals surface area contributed by atoms with Gasteiger partial charge in [-0.1, -0.05) is 61.2 Å². The van der Waals surface area contributed by atoms with Gasteiger partial charge in [-0.2, -0.15) is 0 Å². The van der Waals surface area contributed by atoms with Gasteiger partial charge in [0, 0.05) is 19.8 Å². The lowest BCUT2D eigenvalue weighted by molar-refractivity contribution is 0.520. The molecule has 3 aromatic carbocycles. The van der Waals surface area contributed by atoms with Gasteiger partial charge >= 0.3 is 0 Å². The highest BCUT2D eigenvalue weighted by Gasteiger charge is 2.18. The molecule has 0 N–H and O–H groups in total. The average molecular weight is 480 g/mol. The van der Waals surface area contributed by atoms with Gasteiger partial charge < -0.3 is 0 Å². The Kier molecular flexibility index (Phi) is 6.69. The summed E-state index contributed by atoms with van der Waals surface area (Å²) in [6, 6.07) is 22.0. The minimum atomic E-state index is -3.52. The first kappa shape index (κ1) is 23.2. The van der Waals surface area contributed by atoms with Crippen LogP contribution in [-0.4, -0.2) is 36.4 Å². The molecule has 0 aliphatic carbocycles. The van der Waals surface area contributed by atoms with Gasteiger partial charge in [-0.3, -0.25) is 9.36 Å². The van der Waals surface area contributed by atoms with Crippen LogP contribution in [-0.2, 0) is 22.2 Å². The normalized spacial score (nSPS) is 11.9. The average Bonchev–Trinajstić information content (AvgIpc) is 2.83. The summed E-state index contributed by atoms with van der Waals surface area (Å²) in [7, 11) is -0.498. The van der Waals surface area contributed by atoms with E-state index < -0.39 is 10.0 Å². The highest BCUT2D eigenvalue weighted by Crippen LogP contribution is 2.27. The maximum atomic E-state index is 13.5. The van der Waals surface area contributed by atoms with E-state index in [-0.39, 0.29) is 10.5 Å². The van der Waals surface area contributed by atoms with Crippen LogP contribution in [0, 0.1) is 0 Å². The van der Waals surface area contributed by atoms with Gasteiger partial charge in [0.25, 0.3) is 5.56 Å². The van der Waals surface area contributed by atoms with Crippen LogP contribution in [0.1, 0.15) is 18.1 Å². The fraction of sp³-hybridized carbons (Fsp3) is 0.200. The molecular formula is C25H25N3O3S2. The first-order chi connectivity index (χ1) is 15.8. The standard InChI is InChI=1S/C25H25N3O3S2/c1-4-19-11-5-8-15-23(19)28-24(29)21-13-6-7-14-22(21)26-25(28)32-17-18-10-9-12-20(16-18)33(30,31)27(2)3/h5-16H,4,17H2,1-3H3. The number of benzene rings is 3. The molecule has 0 fully saturated rings. The summed E-state index contributed by atoms with van der Waals surface area (Å²) < 4.78 is 27.9. The van der Waals surface area contributed by atoms with Gasteiger partial charge in [0.05, 0.1) is 21.5 Å². The Morgan fingerprint density at radius 1 is 0.970 bits per heavy atom. The van der Waals surface area contributed by atoms with Gasteiger partial charge in [0.2, 0.25) is 10.0 Å². The molecule has 0 spiro atoms. The summed E-state index contributed by atoms with van der Waals surface area (Å²) in [5.74, 6) is 0.468. The second-order valence-corrected chi connectivity index (χ2v) is 10.9. The number of sulfonamides is 1. The SMILES string of the molecule is CCc1ccccc1-n1c(SCc2cccc(S(=O)(=O)N(C)C)c2)nc2ccccc2c1=O. The summed E-state index contributed by atoms with van der Waals surface area (Å²) in [6.07, 6.45) is 0.782. The van der Waals surface area contributed by atoms with E-state index in [2.05, 4.69) is 6.92 Å². The largest absolute Gasteiger partial charge is 0.268 e. The molecule has 6 nitrogen and oxygen atoms in total. The van der Waals surface area contributed by atoms with Crippen molar-refractivity contribution in [1.82, 2.24) is 13.9 Å². The summed E-state index contributed by atoms with van der Waals surface area (Å²) >= 11 is 1.41. The molecular weight excluding hydrogens is 454 g/mol. The molecule has 33 heavy (non-hydrogen) atoms. The summed E-state index contributed by atoms with van der Waals surface area (Å²) in [5, 5.41) is 1.13.